The minimum Gasteiger partial charge on any atom is -0.460 e. The van der Waals surface area contributed by atoms with Crippen molar-refractivity contribution in [2.75, 3.05) is 12.3 Å². The van der Waals surface area contributed by atoms with Crippen LogP contribution in [0, 0.1) is 0 Å². The molecule has 7 nitrogen and oxygen atoms in total. The zero-order valence-electron chi connectivity index (χ0n) is 12.8. The Hall–Kier alpha value is -1.36. The van der Waals surface area contributed by atoms with Gasteiger partial charge in [-0.1, -0.05) is 6.92 Å². The summed E-state index contributed by atoms with van der Waals surface area (Å²) in [6, 6.07) is -0.510. The van der Waals surface area contributed by atoms with Crippen molar-refractivity contribution in [1.29, 1.82) is 0 Å². The molecule has 0 aliphatic carbocycles. The van der Waals surface area contributed by atoms with E-state index in [4.69, 9.17) is 9.47 Å². The second kappa shape index (κ2) is 7.07. The van der Waals surface area contributed by atoms with E-state index in [1.807, 2.05) is 0 Å². The molecular formula is C13H22NO6P. The molecule has 2 unspecified atom stereocenters. The molecule has 1 aliphatic rings. The van der Waals surface area contributed by atoms with E-state index in [0.29, 0.717) is 6.16 Å². The Bertz CT molecular complexity index is 477. The first-order valence-corrected chi connectivity index (χ1v) is 9.02. The summed E-state index contributed by atoms with van der Waals surface area (Å²) in [4.78, 5) is 33.7. The fourth-order valence-electron chi connectivity index (χ4n) is 2.52. The van der Waals surface area contributed by atoms with Crippen LogP contribution in [0.4, 0.5) is 0 Å². The molecule has 120 valence electrons. The van der Waals surface area contributed by atoms with E-state index in [2.05, 4.69) is 5.32 Å². The summed E-state index contributed by atoms with van der Waals surface area (Å²) in [5.74, 6) is -2.04. The summed E-state index contributed by atoms with van der Waals surface area (Å²) in [7, 11) is -2.82. The van der Waals surface area contributed by atoms with Crippen molar-refractivity contribution < 1.29 is 28.4 Å². The second-order valence-electron chi connectivity index (χ2n) is 5.21. The molecule has 1 fully saturated rings. The lowest BCUT2D eigenvalue weighted by atomic mass is 10.1. The summed E-state index contributed by atoms with van der Waals surface area (Å²) in [5.41, 5.74) is 0. The lowest BCUT2D eigenvalue weighted by Crippen LogP contribution is -2.52. The number of rotatable bonds is 4. The van der Waals surface area contributed by atoms with Gasteiger partial charge in [0, 0.05) is 39.5 Å². The second-order valence-corrected chi connectivity index (χ2v) is 8.68. The number of ether oxygens (including phenoxy) is 2. The van der Waals surface area contributed by atoms with Crippen LogP contribution in [0.1, 0.15) is 34.1 Å². The van der Waals surface area contributed by atoms with Crippen LogP contribution in [0.2, 0.25) is 0 Å². The Kier molecular flexibility index (Phi) is 5.96. The molecule has 0 saturated carbocycles. The number of amides is 1. The molecule has 1 amide bonds. The largest absolute Gasteiger partial charge is 0.460 e. The van der Waals surface area contributed by atoms with Gasteiger partial charge in [0.25, 0.3) is 0 Å². The molecule has 0 aromatic heterocycles. The third-order valence-electron chi connectivity index (χ3n) is 3.46. The van der Waals surface area contributed by atoms with Crippen molar-refractivity contribution >= 4 is 25.0 Å². The van der Waals surface area contributed by atoms with E-state index in [9.17, 15) is 18.9 Å². The van der Waals surface area contributed by atoms with Crippen LogP contribution in [0.15, 0.2) is 0 Å². The number of hydrogen-bond donors (Lipinski definition) is 1. The van der Waals surface area contributed by atoms with Crippen LogP contribution < -0.4 is 5.32 Å². The number of carbonyl (C=O) groups excluding carboxylic acids is 3. The Morgan fingerprint density at radius 2 is 1.71 bits per heavy atom. The highest BCUT2D eigenvalue weighted by Gasteiger charge is 2.47. The van der Waals surface area contributed by atoms with Crippen molar-refractivity contribution in [3.63, 3.8) is 0 Å². The SMILES string of the molecule is CCP1(=O)C[C@@H](OC(C)=O)[C@@H](NC(C)=O)CC1OC(C)=O. The van der Waals surface area contributed by atoms with Crippen LogP contribution in [0.25, 0.3) is 0 Å². The first-order chi connectivity index (χ1) is 9.67. The molecule has 4 atom stereocenters. The maximum atomic E-state index is 12.9. The molecule has 1 heterocycles. The molecule has 1 saturated heterocycles. The highest BCUT2D eigenvalue weighted by Crippen LogP contribution is 2.56. The van der Waals surface area contributed by atoms with Gasteiger partial charge in [-0.05, 0) is 0 Å². The van der Waals surface area contributed by atoms with E-state index >= 15 is 0 Å². The summed E-state index contributed by atoms with van der Waals surface area (Å²) in [6.07, 6.45) is -0.0343. The average Bonchev–Trinajstić information content (AvgIpc) is 2.33. The average molecular weight is 319 g/mol. The normalized spacial score (nSPS) is 32.1. The highest BCUT2D eigenvalue weighted by atomic mass is 31.2. The van der Waals surface area contributed by atoms with E-state index in [-0.39, 0.29) is 18.5 Å². The van der Waals surface area contributed by atoms with E-state index in [1.165, 1.54) is 20.8 Å². The molecule has 0 spiro atoms. The molecule has 1 N–H and O–H groups in total. The molecule has 0 radical (unpaired) electrons. The van der Waals surface area contributed by atoms with Crippen molar-refractivity contribution in [3.05, 3.63) is 0 Å². The van der Waals surface area contributed by atoms with E-state index in [0.717, 1.165) is 0 Å². The zero-order chi connectivity index (χ0) is 16.2. The Labute approximate surface area is 124 Å². The van der Waals surface area contributed by atoms with Gasteiger partial charge in [-0.15, -0.1) is 0 Å². The van der Waals surface area contributed by atoms with Gasteiger partial charge in [-0.3, -0.25) is 14.4 Å². The molecular weight excluding hydrogens is 297 g/mol. The van der Waals surface area contributed by atoms with Gasteiger partial charge >= 0.3 is 11.9 Å². The van der Waals surface area contributed by atoms with Gasteiger partial charge in [-0.25, -0.2) is 0 Å². The Morgan fingerprint density at radius 1 is 1.14 bits per heavy atom. The summed E-state index contributed by atoms with van der Waals surface area (Å²) < 4.78 is 23.3. The molecule has 0 aromatic carbocycles. The molecule has 1 aliphatic heterocycles. The lowest BCUT2D eigenvalue weighted by molar-refractivity contribution is -0.151. The first-order valence-electron chi connectivity index (χ1n) is 6.87. The smallest absolute Gasteiger partial charge is 0.303 e. The highest BCUT2D eigenvalue weighted by molar-refractivity contribution is 7.64. The van der Waals surface area contributed by atoms with Crippen LogP contribution in [-0.4, -0.2) is 48.2 Å². The van der Waals surface area contributed by atoms with Crippen molar-refractivity contribution in [3.8, 4) is 0 Å². The van der Waals surface area contributed by atoms with E-state index < -0.39 is 37.1 Å². The number of esters is 2. The van der Waals surface area contributed by atoms with Gasteiger partial charge in [0.1, 0.15) is 13.2 Å². The van der Waals surface area contributed by atoms with Gasteiger partial charge in [0.2, 0.25) is 5.91 Å². The molecule has 0 aromatic rings. The van der Waals surface area contributed by atoms with Gasteiger partial charge in [0.15, 0.2) is 5.85 Å². The third-order valence-corrected chi connectivity index (χ3v) is 6.88. The topological polar surface area (TPSA) is 98.8 Å². The summed E-state index contributed by atoms with van der Waals surface area (Å²) in [5, 5.41) is 2.67. The predicted octanol–water partition coefficient (Wildman–Crippen LogP) is 1.10. The summed E-state index contributed by atoms with van der Waals surface area (Å²) >= 11 is 0. The molecule has 0 bridgehead atoms. The number of carbonyl (C=O) groups is 3. The van der Waals surface area contributed by atoms with Crippen LogP contribution >= 0.6 is 7.14 Å². The molecule has 21 heavy (non-hydrogen) atoms. The number of hydrogen-bond acceptors (Lipinski definition) is 6. The van der Waals surface area contributed by atoms with E-state index in [1.54, 1.807) is 6.92 Å². The molecule has 8 heteroatoms. The lowest BCUT2D eigenvalue weighted by Gasteiger charge is -2.40. The fourth-order valence-corrected chi connectivity index (χ4v) is 5.32. The van der Waals surface area contributed by atoms with Gasteiger partial charge < -0.3 is 19.4 Å². The van der Waals surface area contributed by atoms with Crippen LogP contribution in [0.5, 0.6) is 0 Å². The van der Waals surface area contributed by atoms with Gasteiger partial charge in [0.05, 0.1) is 6.04 Å². The third kappa shape index (κ3) is 4.84. The van der Waals surface area contributed by atoms with Gasteiger partial charge in [-0.2, -0.15) is 0 Å². The quantitative estimate of drug-likeness (QED) is 0.615. The maximum Gasteiger partial charge on any atom is 0.303 e. The maximum absolute atomic E-state index is 12.9. The summed E-state index contributed by atoms with van der Waals surface area (Å²) in [6.45, 7) is 5.62. The predicted molar refractivity (Wildman–Crippen MR) is 76.3 cm³/mol. The minimum atomic E-state index is -2.82. The van der Waals surface area contributed by atoms with Crippen LogP contribution in [-0.2, 0) is 28.4 Å². The Balaban J connectivity index is 3.00. The monoisotopic (exact) mass is 319 g/mol. The molecule has 1 rings (SSSR count). The first kappa shape index (κ1) is 17.7. The van der Waals surface area contributed by atoms with Crippen molar-refractivity contribution in [2.45, 2.75) is 52.1 Å². The fraction of sp³-hybridized carbons (Fsp3) is 0.769. The Morgan fingerprint density at radius 3 is 2.14 bits per heavy atom. The van der Waals surface area contributed by atoms with Crippen molar-refractivity contribution in [1.82, 2.24) is 5.32 Å². The standard InChI is InChI=1S/C13H22NO6P/c1-5-21(18)7-12(19-9(3)16)11(14-8(2)15)6-13(21)20-10(4)17/h11-13H,5-7H2,1-4H3,(H,14,15)/t11-,12+,13?,21?/m0/s1. The zero-order valence-corrected chi connectivity index (χ0v) is 13.6. The number of nitrogens with one attached hydrogen (secondary N) is 1. The minimum absolute atomic E-state index is 0.103. The van der Waals surface area contributed by atoms with Crippen molar-refractivity contribution in [2.24, 2.45) is 0 Å². The van der Waals surface area contributed by atoms with Crippen LogP contribution in [0.3, 0.4) is 0 Å².